The molecule has 1 aromatic rings. The number of benzene rings is 1. The van der Waals surface area contributed by atoms with Crippen LogP contribution >= 0.6 is 22.6 Å². The van der Waals surface area contributed by atoms with E-state index in [-0.39, 0.29) is 17.5 Å². The Morgan fingerprint density at radius 3 is 2.69 bits per heavy atom. The molecule has 0 spiro atoms. The van der Waals surface area contributed by atoms with Gasteiger partial charge in [0, 0.05) is 15.1 Å². The first-order chi connectivity index (χ1) is 6.18. The largest absolute Gasteiger partial charge is 0.294 e. The molecule has 68 valence electrons. The lowest BCUT2D eigenvalue weighted by Gasteiger charge is -2.01. The molecule has 0 unspecified atom stereocenters. The molecule has 0 amide bonds. The Balaban J connectivity index is 2.33. The average molecular weight is 290 g/mol. The Hall–Kier alpha value is -0.450. The Morgan fingerprint density at radius 2 is 2.15 bits per heavy atom. The fourth-order valence-electron chi connectivity index (χ4n) is 1.25. The number of hydrogen-bond acceptors (Lipinski definition) is 1. The molecule has 1 nitrogen and oxygen atoms in total. The second-order valence-electron chi connectivity index (χ2n) is 3.26. The van der Waals surface area contributed by atoms with E-state index in [0.29, 0.717) is 5.56 Å². The van der Waals surface area contributed by atoms with Crippen molar-refractivity contribution in [1.82, 2.24) is 0 Å². The van der Waals surface area contributed by atoms with E-state index in [2.05, 4.69) is 0 Å². The van der Waals surface area contributed by atoms with Crippen LogP contribution in [-0.4, -0.2) is 5.78 Å². The van der Waals surface area contributed by atoms with Gasteiger partial charge >= 0.3 is 0 Å². The summed E-state index contributed by atoms with van der Waals surface area (Å²) >= 11 is 2.00. The van der Waals surface area contributed by atoms with E-state index < -0.39 is 0 Å². The highest BCUT2D eigenvalue weighted by Gasteiger charge is 2.31. The average Bonchev–Trinajstić information content (AvgIpc) is 2.85. The molecular weight excluding hydrogens is 282 g/mol. The smallest absolute Gasteiger partial charge is 0.167 e. The predicted octanol–water partition coefficient (Wildman–Crippen LogP) is 3.02. The van der Waals surface area contributed by atoms with E-state index in [1.807, 2.05) is 22.6 Å². The molecule has 13 heavy (non-hydrogen) atoms. The summed E-state index contributed by atoms with van der Waals surface area (Å²) in [6, 6.07) is 4.33. The summed E-state index contributed by atoms with van der Waals surface area (Å²) in [7, 11) is 0. The molecule has 0 bridgehead atoms. The van der Waals surface area contributed by atoms with Crippen molar-refractivity contribution < 1.29 is 9.18 Å². The van der Waals surface area contributed by atoms with Crippen molar-refractivity contribution in [3.63, 3.8) is 0 Å². The van der Waals surface area contributed by atoms with Crippen LogP contribution < -0.4 is 0 Å². The maximum Gasteiger partial charge on any atom is 0.167 e. The van der Waals surface area contributed by atoms with Gasteiger partial charge in [-0.3, -0.25) is 4.79 Å². The van der Waals surface area contributed by atoms with Gasteiger partial charge in [0.2, 0.25) is 0 Å². The third kappa shape index (κ3) is 1.90. The Morgan fingerprint density at radius 1 is 1.46 bits per heavy atom. The Bertz CT molecular complexity index is 358. The van der Waals surface area contributed by atoms with Crippen LogP contribution in [0.15, 0.2) is 18.2 Å². The van der Waals surface area contributed by atoms with Crippen molar-refractivity contribution in [3.05, 3.63) is 33.1 Å². The second kappa shape index (κ2) is 3.36. The normalized spacial score (nSPS) is 15.8. The molecule has 1 saturated carbocycles. The molecular formula is C10H8FIO. The van der Waals surface area contributed by atoms with Gasteiger partial charge in [-0.1, -0.05) is 0 Å². The lowest BCUT2D eigenvalue weighted by atomic mass is 10.1. The van der Waals surface area contributed by atoms with Gasteiger partial charge in [-0.05, 0) is 53.6 Å². The summed E-state index contributed by atoms with van der Waals surface area (Å²) in [6.07, 6.45) is 1.98. The van der Waals surface area contributed by atoms with E-state index in [1.54, 1.807) is 6.07 Å². The zero-order valence-corrected chi connectivity index (χ0v) is 9.05. The van der Waals surface area contributed by atoms with Crippen LogP contribution in [-0.2, 0) is 0 Å². The van der Waals surface area contributed by atoms with Crippen molar-refractivity contribution in [2.75, 3.05) is 0 Å². The molecule has 2 rings (SSSR count). The van der Waals surface area contributed by atoms with Crippen molar-refractivity contribution in [2.24, 2.45) is 5.92 Å². The molecule has 0 saturated heterocycles. The van der Waals surface area contributed by atoms with E-state index in [9.17, 15) is 9.18 Å². The van der Waals surface area contributed by atoms with Gasteiger partial charge in [0.25, 0.3) is 0 Å². The van der Waals surface area contributed by atoms with Crippen LogP contribution in [0.2, 0.25) is 0 Å². The number of halogens is 2. The maximum atomic E-state index is 12.7. The minimum Gasteiger partial charge on any atom is -0.294 e. The SMILES string of the molecule is O=C(c1ccc(F)cc1I)C1CC1. The zero-order valence-electron chi connectivity index (χ0n) is 6.89. The molecule has 1 fully saturated rings. The molecule has 0 radical (unpaired) electrons. The monoisotopic (exact) mass is 290 g/mol. The van der Waals surface area contributed by atoms with Gasteiger partial charge in [0.05, 0.1) is 0 Å². The highest BCUT2D eigenvalue weighted by Crippen LogP contribution is 2.33. The van der Waals surface area contributed by atoms with Crippen LogP contribution in [0.25, 0.3) is 0 Å². The number of ketones is 1. The molecule has 3 heteroatoms. The Labute approximate surface area is 89.5 Å². The standard InChI is InChI=1S/C10H8FIO/c11-7-3-4-8(9(12)5-7)10(13)6-1-2-6/h3-6H,1-2H2. The fourth-order valence-corrected chi connectivity index (χ4v) is 2.00. The molecule has 0 aromatic heterocycles. The first-order valence-corrected chi connectivity index (χ1v) is 5.25. The molecule has 1 aromatic carbocycles. The van der Waals surface area contributed by atoms with Crippen molar-refractivity contribution in [3.8, 4) is 0 Å². The van der Waals surface area contributed by atoms with Gasteiger partial charge < -0.3 is 0 Å². The number of carbonyl (C=O) groups excluding carboxylic acids is 1. The molecule has 0 atom stereocenters. The zero-order chi connectivity index (χ0) is 9.42. The summed E-state index contributed by atoms with van der Waals surface area (Å²) in [4.78, 5) is 11.6. The van der Waals surface area contributed by atoms with Crippen LogP contribution in [0.1, 0.15) is 23.2 Å². The highest BCUT2D eigenvalue weighted by molar-refractivity contribution is 14.1. The van der Waals surface area contributed by atoms with Gasteiger partial charge in [-0.15, -0.1) is 0 Å². The van der Waals surface area contributed by atoms with E-state index in [1.165, 1.54) is 12.1 Å². The molecule has 1 aliphatic carbocycles. The minimum atomic E-state index is -0.281. The van der Waals surface area contributed by atoms with Crippen LogP contribution in [0.3, 0.4) is 0 Å². The van der Waals surface area contributed by atoms with Crippen LogP contribution in [0.5, 0.6) is 0 Å². The van der Waals surface area contributed by atoms with Crippen LogP contribution in [0, 0.1) is 15.3 Å². The number of Topliss-reactive ketones (excluding diaryl/α,β-unsaturated/α-hetero) is 1. The second-order valence-corrected chi connectivity index (χ2v) is 4.42. The lowest BCUT2D eigenvalue weighted by Crippen LogP contribution is -2.03. The quantitative estimate of drug-likeness (QED) is 0.604. The van der Waals surface area contributed by atoms with Crippen molar-refractivity contribution >= 4 is 28.4 Å². The third-order valence-corrected chi connectivity index (χ3v) is 3.04. The van der Waals surface area contributed by atoms with E-state index >= 15 is 0 Å². The highest BCUT2D eigenvalue weighted by atomic mass is 127. The Kier molecular flexibility index (Phi) is 2.36. The molecule has 0 N–H and O–H groups in total. The summed E-state index contributed by atoms with van der Waals surface area (Å²) in [5.41, 5.74) is 0.671. The summed E-state index contributed by atoms with van der Waals surface area (Å²) < 4.78 is 13.4. The van der Waals surface area contributed by atoms with E-state index in [4.69, 9.17) is 0 Å². The number of hydrogen-bond donors (Lipinski definition) is 0. The maximum absolute atomic E-state index is 12.7. The van der Waals surface area contributed by atoms with Gasteiger partial charge in [-0.2, -0.15) is 0 Å². The van der Waals surface area contributed by atoms with Gasteiger partial charge in [0.1, 0.15) is 5.82 Å². The van der Waals surface area contributed by atoms with Crippen LogP contribution in [0.4, 0.5) is 4.39 Å². The molecule has 0 heterocycles. The molecule has 1 aliphatic rings. The topological polar surface area (TPSA) is 17.1 Å². The van der Waals surface area contributed by atoms with Crippen molar-refractivity contribution in [2.45, 2.75) is 12.8 Å². The minimum absolute atomic E-state index is 0.171. The van der Waals surface area contributed by atoms with Gasteiger partial charge in [0.15, 0.2) is 5.78 Å². The first kappa shape index (κ1) is 9.12. The third-order valence-electron chi connectivity index (χ3n) is 2.14. The first-order valence-electron chi connectivity index (χ1n) is 4.18. The lowest BCUT2D eigenvalue weighted by molar-refractivity contribution is 0.0966. The molecule has 0 aliphatic heterocycles. The van der Waals surface area contributed by atoms with Gasteiger partial charge in [-0.25, -0.2) is 4.39 Å². The summed E-state index contributed by atoms with van der Waals surface area (Å²) in [5, 5.41) is 0. The summed E-state index contributed by atoms with van der Waals surface area (Å²) in [5.74, 6) is 0.0973. The number of carbonyl (C=O) groups is 1. The summed E-state index contributed by atoms with van der Waals surface area (Å²) in [6.45, 7) is 0. The van der Waals surface area contributed by atoms with E-state index in [0.717, 1.165) is 16.4 Å². The van der Waals surface area contributed by atoms with Crippen molar-refractivity contribution in [1.29, 1.82) is 0 Å². The predicted molar refractivity (Wildman–Crippen MR) is 56.2 cm³/mol. The number of rotatable bonds is 2. The fraction of sp³-hybridized carbons (Fsp3) is 0.300.